The molecule has 1 aliphatic carbocycles. The molecule has 1 aliphatic heterocycles. The smallest absolute Gasteiger partial charge is 0.371 e. The Bertz CT molecular complexity index is 725. The van der Waals surface area contributed by atoms with Crippen molar-refractivity contribution in [3.63, 3.8) is 0 Å². The fourth-order valence-electron chi connectivity index (χ4n) is 2.40. The van der Waals surface area contributed by atoms with Crippen molar-refractivity contribution in [3.05, 3.63) is 58.7 Å². The highest BCUT2D eigenvalue weighted by Crippen LogP contribution is 2.26. The highest BCUT2D eigenvalue weighted by molar-refractivity contribution is 6.06. The van der Waals surface area contributed by atoms with Crippen LogP contribution in [0.3, 0.4) is 0 Å². The summed E-state index contributed by atoms with van der Waals surface area (Å²) in [5.41, 5.74) is 0.866. The first-order chi connectivity index (χ1) is 9.22. The molecule has 96 valence electrons. The molecule has 0 saturated heterocycles. The third-order valence-corrected chi connectivity index (χ3v) is 3.20. The first-order valence-electron chi connectivity index (χ1n) is 5.88. The summed E-state index contributed by atoms with van der Waals surface area (Å²) in [5, 5.41) is 10.7. The van der Waals surface area contributed by atoms with Gasteiger partial charge in [0.15, 0.2) is 0 Å². The van der Waals surface area contributed by atoms with Crippen LogP contribution in [0.1, 0.15) is 0 Å². The first-order valence-corrected chi connectivity index (χ1v) is 5.88. The van der Waals surface area contributed by atoms with Crippen LogP contribution in [-0.2, 0) is 14.3 Å². The highest BCUT2D eigenvalue weighted by atomic mass is 16.5. The fraction of sp³-hybridized carbons (Fsp3) is 0.133. The van der Waals surface area contributed by atoms with Crippen LogP contribution < -0.4 is 10.4 Å². The Balaban J connectivity index is 2.43. The van der Waals surface area contributed by atoms with Crippen LogP contribution in [0.4, 0.5) is 0 Å². The predicted octanol–water partition coefficient (Wildman–Crippen LogP) is 0.529. The Hall–Kier alpha value is -2.49. The normalized spacial score (nSPS) is 20.1. The SMILES string of the molecule is COC1=CC=CC2OC(C(=O)O)=c3ccccc3=C12. The molecule has 0 saturated carbocycles. The van der Waals surface area contributed by atoms with E-state index in [1.54, 1.807) is 25.3 Å². The molecule has 0 fully saturated rings. The lowest BCUT2D eigenvalue weighted by molar-refractivity contribution is -0.133. The molecular weight excluding hydrogens is 244 g/mol. The lowest BCUT2D eigenvalue weighted by Gasteiger charge is -2.26. The maximum atomic E-state index is 11.3. The van der Waals surface area contributed by atoms with Gasteiger partial charge in [0, 0.05) is 10.8 Å². The summed E-state index contributed by atoms with van der Waals surface area (Å²) in [6, 6.07) is 7.29. The van der Waals surface area contributed by atoms with Gasteiger partial charge in [-0.1, -0.05) is 30.3 Å². The van der Waals surface area contributed by atoms with E-state index in [0.717, 1.165) is 10.8 Å². The number of carbonyl (C=O) groups is 1. The van der Waals surface area contributed by atoms with Crippen molar-refractivity contribution in [2.45, 2.75) is 6.10 Å². The average Bonchev–Trinajstić information content (AvgIpc) is 2.45. The summed E-state index contributed by atoms with van der Waals surface area (Å²) < 4.78 is 10.9. The summed E-state index contributed by atoms with van der Waals surface area (Å²) in [6.07, 6.45) is 5.05. The largest absolute Gasteiger partial charge is 0.496 e. The molecule has 1 aromatic rings. The maximum absolute atomic E-state index is 11.3. The average molecular weight is 256 g/mol. The van der Waals surface area contributed by atoms with Crippen LogP contribution in [-0.4, -0.2) is 24.3 Å². The van der Waals surface area contributed by atoms with Gasteiger partial charge in [0.25, 0.3) is 0 Å². The van der Waals surface area contributed by atoms with Gasteiger partial charge in [0.05, 0.1) is 7.11 Å². The monoisotopic (exact) mass is 256 g/mol. The Morgan fingerprint density at radius 3 is 2.74 bits per heavy atom. The molecule has 4 heteroatoms. The van der Waals surface area contributed by atoms with Crippen LogP contribution in [0.5, 0.6) is 0 Å². The Morgan fingerprint density at radius 1 is 1.32 bits per heavy atom. The topological polar surface area (TPSA) is 55.8 Å². The number of ether oxygens (including phenoxy) is 2. The zero-order valence-electron chi connectivity index (χ0n) is 10.3. The van der Waals surface area contributed by atoms with Gasteiger partial charge in [0.2, 0.25) is 5.76 Å². The van der Waals surface area contributed by atoms with E-state index in [9.17, 15) is 9.90 Å². The maximum Gasteiger partial charge on any atom is 0.371 e. The number of fused-ring (bicyclic) bond motifs is 2. The van der Waals surface area contributed by atoms with Crippen molar-refractivity contribution >= 4 is 17.3 Å². The zero-order chi connectivity index (χ0) is 13.4. The number of rotatable bonds is 2. The summed E-state index contributed by atoms with van der Waals surface area (Å²) in [5.74, 6) is -0.385. The fourth-order valence-corrected chi connectivity index (χ4v) is 2.40. The molecule has 1 unspecified atom stereocenters. The minimum atomic E-state index is -1.06. The van der Waals surface area contributed by atoms with Gasteiger partial charge in [0.1, 0.15) is 11.9 Å². The lowest BCUT2D eigenvalue weighted by atomic mass is 9.96. The number of methoxy groups -OCH3 is 1. The van der Waals surface area contributed by atoms with E-state index >= 15 is 0 Å². The molecule has 1 heterocycles. The van der Waals surface area contributed by atoms with E-state index in [4.69, 9.17) is 9.47 Å². The minimum absolute atomic E-state index is 0.0219. The molecular formula is C15H12O4. The number of carboxylic acid groups (broad SMARTS) is 1. The van der Waals surface area contributed by atoms with Crippen molar-refractivity contribution in [1.29, 1.82) is 0 Å². The summed E-state index contributed by atoms with van der Waals surface area (Å²) in [4.78, 5) is 11.3. The standard InChI is InChI=1S/C15H12O4/c1-18-11-7-4-8-12-13(11)9-5-2-3-6-10(9)14(19-12)15(16)17/h2-8,12H,1H3,(H,16,17). The van der Waals surface area contributed by atoms with E-state index < -0.39 is 12.1 Å². The molecule has 1 N–H and O–H groups in total. The van der Waals surface area contributed by atoms with Crippen LogP contribution in [0, 0.1) is 0 Å². The van der Waals surface area contributed by atoms with E-state index in [-0.39, 0.29) is 5.76 Å². The molecule has 0 amide bonds. The number of allylic oxidation sites excluding steroid dienone is 2. The third-order valence-electron chi connectivity index (χ3n) is 3.20. The van der Waals surface area contributed by atoms with Gasteiger partial charge in [-0.15, -0.1) is 0 Å². The van der Waals surface area contributed by atoms with E-state index in [2.05, 4.69) is 0 Å². The van der Waals surface area contributed by atoms with Gasteiger partial charge in [-0.25, -0.2) is 4.79 Å². The molecule has 19 heavy (non-hydrogen) atoms. The Morgan fingerprint density at radius 2 is 2.05 bits per heavy atom. The Labute approximate surface area is 109 Å². The molecule has 0 aromatic heterocycles. The summed E-state index contributed by atoms with van der Waals surface area (Å²) in [6.45, 7) is 0. The third kappa shape index (κ3) is 1.73. The number of benzene rings is 1. The lowest BCUT2D eigenvalue weighted by Crippen LogP contribution is -2.41. The zero-order valence-corrected chi connectivity index (χ0v) is 10.3. The quantitative estimate of drug-likeness (QED) is 0.838. The highest BCUT2D eigenvalue weighted by Gasteiger charge is 2.28. The van der Waals surface area contributed by atoms with Crippen molar-refractivity contribution in [2.24, 2.45) is 0 Å². The second kappa shape index (κ2) is 4.31. The molecule has 0 radical (unpaired) electrons. The molecule has 4 nitrogen and oxygen atoms in total. The van der Waals surface area contributed by atoms with Crippen molar-refractivity contribution in [3.8, 4) is 0 Å². The van der Waals surface area contributed by atoms with Gasteiger partial charge in [-0.3, -0.25) is 0 Å². The number of hydrogen-bond acceptors (Lipinski definition) is 3. The van der Waals surface area contributed by atoms with Crippen LogP contribution in [0.15, 0.2) is 48.3 Å². The summed E-state index contributed by atoms with van der Waals surface area (Å²) in [7, 11) is 1.59. The molecule has 1 atom stereocenters. The molecule has 0 spiro atoms. The van der Waals surface area contributed by atoms with Gasteiger partial charge in [-0.05, 0) is 17.4 Å². The van der Waals surface area contributed by atoms with Gasteiger partial charge in [-0.2, -0.15) is 0 Å². The number of hydrogen-bond donors (Lipinski definition) is 1. The number of carboxylic acids is 1. The Kier molecular flexibility index (Phi) is 2.63. The van der Waals surface area contributed by atoms with Crippen LogP contribution in [0.25, 0.3) is 11.3 Å². The van der Waals surface area contributed by atoms with E-state index in [1.807, 2.05) is 24.3 Å². The van der Waals surface area contributed by atoms with Crippen LogP contribution >= 0.6 is 0 Å². The second-order valence-corrected chi connectivity index (χ2v) is 4.25. The van der Waals surface area contributed by atoms with Crippen molar-refractivity contribution < 1.29 is 19.4 Å². The van der Waals surface area contributed by atoms with Gasteiger partial charge >= 0.3 is 5.97 Å². The minimum Gasteiger partial charge on any atom is -0.496 e. The van der Waals surface area contributed by atoms with Crippen LogP contribution in [0.2, 0.25) is 0 Å². The first kappa shape index (κ1) is 11.6. The van der Waals surface area contributed by atoms with Gasteiger partial charge < -0.3 is 14.6 Å². The molecule has 3 rings (SSSR count). The second-order valence-electron chi connectivity index (χ2n) is 4.25. The van der Waals surface area contributed by atoms with Crippen molar-refractivity contribution in [2.75, 3.05) is 7.11 Å². The molecule has 0 bridgehead atoms. The molecule has 1 aromatic carbocycles. The molecule has 2 aliphatic rings. The van der Waals surface area contributed by atoms with E-state index in [0.29, 0.717) is 11.0 Å². The van der Waals surface area contributed by atoms with E-state index in [1.165, 1.54) is 0 Å². The number of aliphatic carboxylic acids is 1. The summed E-state index contributed by atoms with van der Waals surface area (Å²) >= 11 is 0. The van der Waals surface area contributed by atoms with Crippen molar-refractivity contribution in [1.82, 2.24) is 0 Å². The predicted molar refractivity (Wildman–Crippen MR) is 69.2 cm³/mol.